The Morgan fingerprint density at radius 3 is 2.80 bits per heavy atom. The summed E-state index contributed by atoms with van der Waals surface area (Å²) in [5, 5.41) is 0. The maximum atomic E-state index is 2.29. The highest BCUT2D eigenvalue weighted by molar-refractivity contribution is 5.22. The van der Waals surface area contributed by atoms with Gasteiger partial charge < -0.3 is 0 Å². The lowest BCUT2D eigenvalue weighted by Crippen LogP contribution is -1.86. The van der Waals surface area contributed by atoms with Crippen molar-refractivity contribution in [3.63, 3.8) is 0 Å². The molecule has 0 unspecified atom stereocenters. The first-order valence-electron chi connectivity index (χ1n) is 4.13. The van der Waals surface area contributed by atoms with Gasteiger partial charge in [0.15, 0.2) is 0 Å². The standard InChI is InChI=1S/C10H16/c1-9-7-5-3-4-6-8-10(9)2/h5,7H,3-4,6,8H2,1-2H3. The maximum Gasteiger partial charge on any atom is -0.0317 e. The van der Waals surface area contributed by atoms with Crippen LogP contribution < -0.4 is 0 Å². The second-order valence-electron chi connectivity index (χ2n) is 3.11. The van der Waals surface area contributed by atoms with E-state index in [9.17, 15) is 0 Å². The van der Waals surface area contributed by atoms with Crippen LogP contribution in [-0.2, 0) is 0 Å². The minimum atomic E-state index is 1.27. The third-order valence-electron chi connectivity index (χ3n) is 2.21. The van der Waals surface area contributed by atoms with Crippen LogP contribution in [0.25, 0.3) is 0 Å². The minimum absolute atomic E-state index is 1.27. The van der Waals surface area contributed by atoms with Crippen molar-refractivity contribution in [3.8, 4) is 0 Å². The fourth-order valence-electron chi connectivity index (χ4n) is 1.25. The molecule has 0 bridgehead atoms. The molecule has 0 aromatic carbocycles. The highest BCUT2D eigenvalue weighted by Crippen LogP contribution is 2.16. The Balaban J connectivity index is 2.67. The van der Waals surface area contributed by atoms with E-state index < -0.39 is 0 Å². The summed E-state index contributed by atoms with van der Waals surface area (Å²) in [5.41, 5.74) is 3.04. The van der Waals surface area contributed by atoms with Crippen LogP contribution in [0.5, 0.6) is 0 Å². The summed E-state index contributed by atoms with van der Waals surface area (Å²) in [6, 6.07) is 0. The van der Waals surface area contributed by atoms with Crippen molar-refractivity contribution < 1.29 is 0 Å². The molecule has 0 saturated carbocycles. The molecule has 0 aromatic heterocycles. The predicted octanol–water partition coefficient (Wildman–Crippen LogP) is 3.45. The van der Waals surface area contributed by atoms with Crippen LogP contribution in [0, 0.1) is 0 Å². The van der Waals surface area contributed by atoms with E-state index in [1.165, 1.54) is 31.3 Å². The van der Waals surface area contributed by atoms with Crippen LogP contribution in [0.3, 0.4) is 0 Å². The number of allylic oxidation sites excluding steroid dienone is 4. The van der Waals surface area contributed by atoms with Crippen LogP contribution in [-0.4, -0.2) is 0 Å². The molecular weight excluding hydrogens is 120 g/mol. The lowest BCUT2D eigenvalue weighted by molar-refractivity contribution is 0.732. The van der Waals surface area contributed by atoms with Gasteiger partial charge in [-0.15, -0.1) is 0 Å². The van der Waals surface area contributed by atoms with Gasteiger partial charge in [0, 0.05) is 0 Å². The molecule has 10 heavy (non-hydrogen) atoms. The van der Waals surface area contributed by atoms with Gasteiger partial charge >= 0.3 is 0 Å². The average molecular weight is 136 g/mol. The first-order chi connectivity index (χ1) is 4.80. The Bertz CT molecular complexity index is 161. The maximum absolute atomic E-state index is 2.29. The van der Waals surface area contributed by atoms with Gasteiger partial charge in [0.1, 0.15) is 0 Å². The van der Waals surface area contributed by atoms with Gasteiger partial charge in [0.25, 0.3) is 0 Å². The van der Waals surface area contributed by atoms with E-state index in [2.05, 4.69) is 26.0 Å². The Morgan fingerprint density at radius 2 is 2.00 bits per heavy atom. The topological polar surface area (TPSA) is 0 Å². The molecule has 0 spiro atoms. The molecule has 56 valence electrons. The summed E-state index contributed by atoms with van der Waals surface area (Å²) >= 11 is 0. The number of hydrogen-bond donors (Lipinski definition) is 0. The summed E-state index contributed by atoms with van der Waals surface area (Å²) in [4.78, 5) is 0. The molecule has 0 aromatic rings. The Labute approximate surface area is 63.6 Å². The molecular formula is C10H16. The quantitative estimate of drug-likeness (QED) is 0.478. The van der Waals surface area contributed by atoms with Crippen LogP contribution in [0.1, 0.15) is 39.5 Å². The smallest absolute Gasteiger partial charge is 0.0317 e. The van der Waals surface area contributed by atoms with Gasteiger partial charge in [-0.1, -0.05) is 23.3 Å². The van der Waals surface area contributed by atoms with E-state index in [4.69, 9.17) is 0 Å². The molecule has 0 heteroatoms. The third kappa shape index (κ3) is 2.02. The lowest BCUT2D eigenvalue weighted by atomic mass is 10.0. The first-order valence-corrected chi connectivity index (χ1v) is 4.13. The molecule has 0 heterocycles. The summed E-state index contributed by atoms with van der Waals surface area (Å²) in [7, 11) is 0. The molecule has 1 aliphatic carbocycles. The van der Waals surface area contributed by atoms with Gasteiger partial charge in [0.2, 0.25) is 0 Å². The highest BCUT2D eigenvalue weighted by Gasteiger charge is 1.96. The van der Waals surface area contributed by atoms with Crippen LogP contribution in [0.2, 0.25) is 0 Å². The molecule has 0 amide bonds. The molecule has 0 saturated heterocycles. The fourth-order valence-corrected chi connectivity index (χ4v) is 1.25. The van der Waals surface area contributed by atoms with E-state index in [1.54, 1.807) is 5.57 Å². The fraction of sp³-hybridized carbons (Fsp3) is 0.600. The van der Waals surface area contributed by atoms with Gasteiger partial charge in [0.05, 0.1) is 0 Å². The van der Waals surface area contributed by atoms with E-state index in [1.807, 2.05) is 0 Å². The number of hydrogen-bond acceptors (Lipinski definition) is 0. The van der Waals surface area contributed by atoms with Crippen molar-refractivity contribution in [1.29, 1.82) is 0 Å². The van der Waals surface area contributed by atoms with Crippen molar-refractivity contribution in [3.05, 3.63) is 23.3 Å². The van der Waals surface area contributed by atoms with Gasteiger partial charge in [-0.05, 0) is 39.5 Å². The summed E-state index contributed by atoms with van der Waals surface area (Å²) < 4.78 is 0. The Hall–Kier alpha value is -0.520. The van der Waals surface area contributed by atoms with E-state index >= 15 is 0 Å². The average Bonchev–Trinajstić information content (AvgIpc) is 1.92. The van der Waals surface area contributed by atoms with Crippen LogP contribution in [0.15, 0.2) is 23.3 Å². The summed E-state index contributed by atoms with van der Waals surface area (Å²) in [6.07, 6.45) is 9.85. The van der Waals surface area contributed by atoms with Crippen molar-refractivity contribution >= 4 is 0 Å². The molecule has 0 aliphatic heterocycles. The molecule has 0 atom stereocenters. The van der Waals surface area contributed by atoms with Crippen molar-refractivity contribution in [1.82, 2.24) is 0 Å². The molecule has 1 aliphatic rings. The first kappa shape index (κ1) is 7.59. The third-order valence-corrected chi connectivity index (χ3v) is 2.21. The Kier molecular flexibility index (Phi) is 2.73. The molecule has 0 nitrogen and oxygen atoms in total. The highest BCUT2D eigenvalue weighted by atomic mass is 14.0. The van der Waals surface area contributed by atoms with Crippen LogP contribution >= 0.6 is 0 Å². The Morgan fingerprint density at radius 1 is 1.20 bits per heavy atom. The zero-order valence-corrected chi connectivity index (χ0v) is 6.98. The molecule has 1 rings (SSSR count). The number of rotatable bonds is 0. The largest absolute Gasteiger partial charge is 0.0843 e. The van der Waals surface area contributed by atoms with Gasteiger partial charge in [-0.25, -0.2) is 0 Å². The second kappa shape index (κ2) is 3.60. The van der Waals surface area contributed by atoms with E-state index in [0.717, 1.165) is 0 Å². The van der Waals surface area contributed by atoms with Crippen molar-refractivity contribution in [2.75, 3.05) is 0 Å². The molecule has 0 N–H and O–H groups in total. The van der Waals surface area contributed by atoms with Crippen LogP contribution in [0.4, 0.5) is 0 Å². The second-order valence-corrected chi connectivity index (χ2v) is 3.11. The predicted molar refractivity (Wildman–Crippen MR) is 46.0 cm³/mol. The SMILES string of the molecule is CC1=C(C)CCCCC=C1. The van der Waals surface area contributed by atoms with E-state index in [0.29, 0.717) is 0 Å². The molecule has 0 radical (unpaired) electrons. The van der Waals surface area contributed by atoms with Crippen molar-refractivity contribution in [2.45, 2.75) is 39.5 Å². The zero-order valence-electron chi connectivity index (χ0n) is 6.98. The van der Waals surface area contributed by atoms with Gasteiger partial charge in [-0.2, -0.15) is 0 Å². The van der Waals surface area contributed by atoms with E-state index in [-0.39, 0.29) is 0 Å². The summed E-state index contributed by atoms with van der Waals surface area (Å²) in [5.74, 6) is 0. The van der Waals surface area contributed by atoms with Crippen molar-refractivity contribution in [2.24, 2.45) is 0 Å². The van der Waals surface area contributed by atoms with Gasteiger partial charge in [-0.3, -0.25) is 0 Å². The summed E-state index contributed by atoms with van der Waals surface area (Å²) in [6.45, 7) is 4.45. The minimum Gasteiger partial charge on any atom is -0.0843 e. The molecule has 0 fully saturated rings. The normalized spacial score (nSPS) is 20.6. The zero-order chi connectivity index (χ0) is 7.40. The lowest BCUT2D eigenvalue weighted by Gasteiger charge is -2.06. The monoisotopic (exact) mass is 136 g/mol.